The summed E-state index contributed by atoms with van der Waals surface area (Å²) in [6, 6.07) is 21.4. The van der Waals surface area contributed by atoms with E-state index in [1.54, 1.807) is 43.3 Å². The molecule has 1 N–H and O–H groups in total. The van der Waals surface area contributed by atoms with Crippen LogP contribution in [0.4, 0.5) is 11.4 Å². The first-order valence-electron chi connectivity index (χ1n) is 10.3. The molecule has 0 fully saturated rings. The van der Waals surface area contributed by atoms with Crippen LogP contribution in [0.15, 0.2) is 72.8 Å². The predicted molar refractivity (Wildman–Crippen MR) is 129 cm³/mol. The highest BCUT2D eigenvalue weighted by molar-refractivity contribution is 7.92. The van der Waals surface area contributed by atoms with E-state index in [1.807, 2.05) is 50.2 Å². The maximum atomic E-state index is 12.9. The van der Waals surface area contributed by atoms with Crippen LogP contribution in [0.5, 0.6) is 5.75 Å². The Labute approximate surface area is 189 Å². The molecule has 168 valence electrons. The molecule has 0 saturated heterocycles. The Bertz CT molecular complexity index is 1160. The molecule has 32 heavy (non-hydrogen) atoms. The van der Waals surface area contributed by atoms with Crippen LogP contribution >= 0.6 is 0 Å². The molecule has 0 aromatic heterocycles. The quantitative estimate of drug-likeness (QED) is 0.539. The fourth-order valence-corrected chi connectivity index (χ4v) is 4.67. The molecule has 3 aromatic rings. The molecule has 0 spiro atoms. The van der Waals surface area contributed by atoms with Gasteiger partial charge in [-0.05, 0) is 73.9 Å². The Hall–Kier alpha value is -3.32. The van der Waals surface area contributed by atoms with Gasteiger partial charge in [0.1, 0.15) is 18.4 Å². The van der Waals surface area contributed by atoms with E-state index in [0.717, 1.165) is 27.3 Å². The summed E-state index contributed by atoms with van der Waals surface area (Å²) in [5.41, 5.74) is 3.94. The summed E-state index contributed by atoms with van der Waals surface area (Å²) in [5, 5.41) is 2.79. The standard InChI is InChI=1S/C25H28N2O4S/c1-18-14-19(2)16-23(15-18)27(32(4,29)30)20(3)25(28)26-22-10-12-24(13-11-22)31-17-21-8-6-5-7-9-21/h5-16,20H,17H2,1-4H3,(H,26,28)/t20-/m1/s1. The molecule has 6 nitrogen and oxygen atoms in total. The van der Waals surface area contributed by atoms with Gasteiger partial charge in [-0.1, -0.05) is 36.4 Å². The summed E-state index contributed by atoms with van der Waals surface area (Å²) in [5.74, 6) is 0.250. The first-order chi connectivity index (χ1) is 15.1. The molecule has 0 aliphatic carbocycles. The first kappa shape index (κ1) is 23.3. The van der Waals surface area contributed by atoms with E-state index in [-0.39, 0.29) is 0 Å². The highest BCUT2D eigenvalue weighted by Gasteiger charge is 2.29. The lowest BCUT2D eigenvalue weighted by molar-refractivity contribution is -0.116. The number of carbonyl (C=O) groups excluding carboxylic acids is 1. The fourth-order valence-electron chi connectivity index (χ4n) is 3.51. The molecule has 3 aromatic carbocycles. The Morgan fingerprint density at radius 1 is 0.969 bits per heavy atom. The van der Waals surface area contributed by atoms with Crippen molar-refractivity contribution in [3.05, 3.63) is 89.5 Å². The van der Waals surface area contributed by atoms with E-state index in [0.29, 0.717) is 23.7 Å². The molecule has 7 heteroatoms. The van der Waals surface area contributed by atoms with Crippen LogP contribution in [0, 0.1) is 13.8 Å². The Balaban J connectivity index is 1.70. The van der Waals surface area contributed by atoms with Crippen molar-refractivity contribution in [1.29, 1.82) is 0 Å². The molecule has 1 atom stereocenters. The van der Waals surface area contributed by atoms with Gasteiger partial charge in [-0.3, -0.25) is 9.10 Å². The second kappa shape index (κ2) is 9.87. The molecular weight excluding hydrogens is 424 g/mol. The van der Waals surface area contributed by atoms with Crippen LogP contribution in [0.25, 0.3) is 0 Å². The van der Waals surface area contributed by atoms with Crippen LogP contribution in [0.1, 0.15) is 23.6 Å². The molecule has 1 amide bonds. The summed E-state index contributed by atoms with van der Waals surface area (Å²) >= 11 is 0. The molecule has 0 heterocycles. The topological polar surface area (TPSA) is 75.7 Å². The van der Waals surface area contributed by atoms with Crippen molar-refractivity contribution in [2.75, 3.05) is 15.9 Å². The van der Waals surface area contributed by atoms with Crippen molar-refractivity contribution in [1.82, 2.24) is 0 Å². The number of ether oxygens (including phenoxy) is 1. The van der Waals surface area contributed by atoms with E-state index >= 15 is 0 Å². The minimum atomic E-state index is -3.68. The largest absolute Gasteiger partial charge is 0.489 e. The number of carbonyl (C=O) groups is 1. The smallest absolute Gasteiger partial charge is 0.247 e. The molecule has 0 unspecified atom stereocenters. The Morgan fingerprint density at radius 3 is 2.12 bits per heavy atom. The number of nitrogens with one attached hydrogen (secondary N) is 1. The van der Waals surface area contributed by atoms with Gasteiger partial charge in [-0.25, -0.2) is 8.42 Å². The van der Waals surface area contributed by atoms with E-state index in [4.69, 9.17) is 4.74 Å². The highest BCUT2D eigenvalue weighted by Crippen LogP contribution is 2.25. The lowest BCUT2D eigenvalue weighted by Crippen LogP contribution is -2.45. The SMILES string of the molecule is Cc1cc(C)cc(N([C@H](C)C(=O)Nc2ccc(OCc3ccccc3)cc2)S(C)(=O)=O)c1. The maximum absolute atomic E-state index is 12.9. The van der Waals surface area contributed by atoms with E-state index < -0.39 is 22.0 Å². The molecular formula is C25H28N2O4S. The lowest BCUT2D eigenvalue weighted by Gasteiger charge is -2.28. The summed E-state index contributed by atoms with van der Waals surface area (Å²) in [6.45, 7) is 5.81. The van der Waals surface area contributed by atoms with Crippen molar-refractivity contribution in [3.8, 4) is 5.75 Å². The van der Waals surface area contributed by atoms with Crippen molar-refractivity contribution < 1.29 is 17.9 Å². The number of anilines is 2. The molecule has 0 radical (unpaired) electrons. The third-order valence-electron chi connectivity index (χ3n) is 4.92. The van der Waals surface area contributed by atoms with Crippen LogP contribution in [-0.2, 0) is 21.4 Å². The van der Waals surface area contributed by atoms with Crippen molar-refractivity contribution >= 4 is 27.3 Å². The second-order valence-electron chi connectivity index (χ2n) is 7.87. The number of sulfonamides is 1. The van der Waals surface area contributed by atoms with Gasteiger partial charge in [0.2, 0.25) is 15.9 Å². The average molecular weight is 453 g/mol. The molecule has 0 saturated carbocycles. The van der Waals surface area contributed by atoms with Gasteiger partial charge >= 0.3 is 0 Å². The monoisotopic (exact) mass is 452 g/mol. The molecule has 0 bridgehead atoms. The van der Waals surface area contributed by atoms with E-state index in [1.165, 1.54) is 0 Å². The average Bonchev–Trinajstić information content (AvgIpc) is 2.72. The van der Waals surface area contributed by atoms with Crippen molar-refractivity contribution in [3.63, 3.8) is 0 Å². The lowest BCUT2D eigenvalue weighted by atomic mass is 10.1. The number of hydrogen-bond donors (Lipinski definition) is 1. The van der Waals surface area contributed by atoms with Crippen molar-refractivity contribution in [2.24, 2.45) is 0 Å². The third kappa shape index (κ3) is 6.11. The van der Waals surface area contributed by atoms with E-state index in [2.05, 4.69) is 5.32 Å². The maximum Gasteiger partial charge on any atom is 0.247 e. The summed E-state index contributed by atoms with van der Waals surface area (Å²) < 4.78 is 31.9. The van der Waals surface area contributed by atoms with Gasteiger partial charge < -0.3 is 10.1 Å². The second-order valence-corrected chi connectivity index (χ2v) is 9.73. The number of aryl methyl sites for hydroxylation is 2. The van der Waals surface area contributed by atoms with Crippen molar-refractivity contribution in [2.45, 2.75) is 33.4 Å². The van der Waals surface area contributed by atoms with Gasteiger partial charge in [0.05, 0.1) is 11.9 Å². The van der Waals surface area contributed by atoms with Gasteiger partial charge in [-0.2, -0.15) is 0 Å². The van der Waals surface area contributed by atoms with Crippen LogP contribution < -0.4 is 14.4 Å². The number of rotatable bonds is 8. The summed E-state index contributed by atoms with van der Waals surface area (Å²) in [6.07, 6.45) is 1.10. The zero-order valence-corrected chi connectivity index (χ0v) is 19.5. The number of hydrogen-bond acceptors (Lipinski definition) is 4. The third-order valence-corrected chi connectivity index (χ3v) is 6.16. The fraction of sp³-hybridized carbons (Fsp3) is 0.240. The van der Waals surface area contributed by atoms with Gasteiger partial charge in [0.25, 0.3) is 0 Å². The van der Waals surface area contributed by atoms with Crippen LogP contribution in [-0.4, -0.2) is 26.6 Å². The van der Waals surface area contributed by atoms with Crippen LogP contribution in [0.2, 0.25) is 0 Å². The minimum Gasteiger partial charge on any atom is -0.489 e. The zero-order chi connectivity index (χ0) is 23.3. The Morgan fingerprint density at radius 2 is 1.56 bits per heavy atom. The molecule has 0 aliphatic heterocycles. The summed E-state index contributed by atoms with van der Waals surface area (Å²) in [4.78, 5) is 12.9. The normalized spacial score (nSPS) is 12.1. The number of benzene rings is 3. The molecule has 0 aliphatic rings. The number of nitrogens with zero attached hydrogens (tertiary/aromatic N) is 1. The first-order valence-corrected chi connectivity index (χ1v) is 12.1. The Kier molecular flexibility index (Phi) is 7.20. The zero-order valence-electron chi connectivity index (χ0n) is 18.7. The minimum absolute atomic E-state index is 0.424. The van der Waals surface area contributed by atoms with Gasteiger partial charge in [0, 0.05) is 5.69 Å². The van der Waals surface area contributed by atoms with Crippen LogP contribution in [0.3, 0.4) is 0 Å². The van der Waals surface area contributed by atoms with E-state index in [9.17, 15) is 13.2 Å². The highest BCUT2D eigenvalue weighted by atomic mass is 32.2. The van der Waals surface area contributed by atoms with Gasteiger partial charge in [0.15, 0.2) is 0 Å². The predicted octanol–water partition coefficient (Wildman–Crippen LogP) is 4.68. The van der Waals surface area contributed by atoms with Gasteiger partial charge in [-0.15, -0.1) is 0 Å². The summed E-state index contributed by atoms with van der Waals surface area (Å²) in [7, 11) is -3.68. The molecule has 3 rings (SSSR count). The number of amides is 1.